The van der Waals surface area contributed by atoms with Crippen LogP contribution < -0.4 is 5.32 Å². The van der Waals surface area contributed by atoms with Crippen molar-refractivity contribution in [1.82, 2.24) is 10.2 Å². The van der Waals surface area contributed by atoms with E-state index in [0.29, 0.717) is 12.1 Å². The van der Waals surface area contributed by atoms with E-state index in [1.54, 1.807) is 0 Å². The Labute approximate surface area is 128 Å². The number of rotatable bonds is 4. The fourth-order valence-electron chi connectivity index (χ4n) is 3.64. The minimum Gasteiger partial charge on any atom is -0.374 e. The van der Waals surface area contributed by atoms with Gasteiger partial charge in [0.05, 0.1) is 12.7 Å². The van der Waals surface area contributed by atoms with Gasteiger partial charge in [-0.05, 0) is 50.8 Å². The first-order chi connectivity index (χ1) is 10.3. The Morgan fingerprint density at radius 2 is 2.00 bits per heavy atom. The van der Waals surface area contributed by atoms with Crippen molar-refractivity contribution in [2.45, 2.75) is 38.3 Å². The first-order valence-corrected chi connectivity index (χ1v) is 8.43. The molecule has 2 atom stereocenters. The van der Waals surface area contributed by atoms with Crippen molar-refractivity contribution in [3.05, 3.63) is 35.9 Å². The van der Waals surface area contributed by atoms with Crippen molar-refractivity contribution in [1.29, 1.82) is 0 Å². The van der Waals surface area contributed by atoms with Gasteiger partial charge in [0.2, 0.25) is 0 Å². The van der Waals surface area contributed by atoms with E-state index in [0.717, 1.165) is 25.6 Å². The predicted octanol–water partition coefficient (Wildman–Crippen LogP) is 2.32. The molecule has 0 aromatic heterocycles. The van der Waals surface area contributed by atoms with Crippen molar-refractivity contribution in [2.24, 2.45) is 5.92 Å². The second-order valence-electron chi connectivity index (χ2n) is 6.52. The molecule has 0 aliphatic carbocycles. The molecule has 1 aromatic rings. The molecule has 2 aliphatic rings. The fraction of sp³-hybridized carbons (Fsp3) is 0.667. The summed E-state index contributed by atoms with van der Waals surface area (Å²) in [6, 6.07) is 11.5. The number of morpholine rings is 1. The molecule has 21 heavy (non-hydrogen) atoms. The highest BCUT2D eigenvalue weighted by Gasteiger charge is 2.29. The largest absolute Gasteiger partial charge is 0.374 e. The van der Waals surface area contributed by atoms with Crippen molar-refractivity contribution in [3.8, 4) is 0 Å². The van der Waals surface area contributed by atoms with Crippen LogP contribution >= 0.6 is 0 Å². The number of piperidine rings is 1. The predicted molar refractivity (Wildman–Crippen MR) is 86.5 cm³/mol. The summed E-state index contributed by atoms with van der Waals surface area (Å²) in [5, 5.41) is 3.44. The van der Waals surface area contributed by atoms with Gasteiger partial charge in [-0.3, -0.25) is 4.90 Å². The lowest BCUT2D eigenvalue weighted by Gasteiger charge is -2.40. The normalized spacial score (nSPS) is 26.6. The summed E-state index contributed by atoms with van der Waals surface area (Å²) in [6.07, 6.45) is 4.24. The monoisotopic (exact) mass is 288 g/mol. The Hall–Kier alpha value is -0.900. The molecule has 3 heteroatoms. The molecule has 1 N–H and O–H groups in total. The number of nitrogens with zero attached hydrogens (tertiary/aromatic N) is 1. The Kier molecular flexibility index (Phi) is 5.28. The molecule has 3 nitrogen and oxygen atoms in total. The Morgan fingerprint density at radius 1 is 1.24 bits per heavy atom. The molecule has 0 bridgehead atoms. The Morgan fingerprint density at radius 3 is 2.67 bits per heavy atom. The molecule has 0 amide bonds. The van der Waals surface area contributed by atoms with Crippen LogP contribution in [0.1, 0.15) is 25.3 Å². The van der Waals surface area contributed by atoms with E-state index in [1.165, 1.54) is 37.9 Å². The minimum absolute atomic E-state index is 0.365. The summed E-state index contributed by atoms with van der Waals surface area (Å²) < 4.78 is 5.91. The van der Waals surface area contributed by atoms with E-state index in [4.69, 9.17) is 4.74 Å². The van der Waals surface area contributed by atoms with E-state index in [-0.39, 0.29) is 0 Å². The summed E-state index contributed by atoms with van der Waals surface area (Å²) in [6.45, 7) is 7.64. The number of hydrogen-bond acceptors (Lipinski definition) is 3. The van der Waals surface area contributed by atoms with Gasteiger partial charge in [0, 0.05) is 19.1 Å². The van der Waals surface area contributed by atoms with Crippen LogP contribution in [0.5, 0.6) is 0 Å². The van der Waals surface area contributed by atoms with Crippen LogP contribution in [0, 0.1) is 5.92 Å². The molecule has 0 radical (unpaired) electrons. The van der Waals surface area contributed by atoms with Gasteiger partial charge in [-0.2, -0.15) is 0 Å². The lowest BCUT2D eigenvalue weighted by molar-refractivity contribution is -0.0335. The minimum atomic E-state index is 0.365. The van der Waals surface area contributed by atoms with Crippen LogP contribution in [0.15, 0.2) is 30.3 Å². The van der Waals surface area contributed by atoms with Crippen molar-refractivity contribution in [3.63, 3.8) is 0 Å². The smallest absolute Gasteiger partial charge is 0.0852 e. The van der Waals surface area contributed by atoms with Crippen molar-refractivity contribution < 1.29 is 4.74 Å². The average molecular weight is 288 g/mol. The summed E-state index contributed by atoms with van der Waals surface area (Å²) in [5.41, 5.74) is 1.49. The van der Waals surface area contributed by atoms with Gasteiger partial charge in [-0.1, -0.05) is 30.3 Å². The highest BCUT2D eigenvalue weighted by atomic mass is 16.5. The van der Waals surface area contributed by atoms with E-state index < -0.39 is 0 Å². The fourth-order valence-corrected chi connectivity index (χ4v) is 3.64. The maximum Gasteiger partial charge on any atom is 0.0852 e. The third kappa shape index (κ3) is 4.06. The molecule has 2 heterocycles. The number of nitrogens with one attached hydrogen (secondary N) is 1. The summed E-state index contributed by atoms with van der Waals surface area (Å²) in [4.78, 5) is 2.62. The van der Waals surface area contributed by atoms with E-state index in [2.05, 4.69) is 47.5 Å². The lowest BCUT2D eigenvalue weighted by atomic mass is 9.89. The summed E-state index contributed by atoms with van der Waals surface area (Å²) in [7, 11) is 0. The molecule has 0 spiro atoms. The van der Waals surface area contributed by atoms with Crippen LogP contribution in [0.3, 0.4) is 0 Å². The molecular weight excluding hydrogens is 260 g/mol. The molecule has 1 aromatic carbocycles. The summed E-state index contributed by atoms with van der Waals surface area (Å²) in [5.74, 6) is 0.848. The molecule has 2 saturated heterocycles. The molecule has 2 aliphatic heterocycles. The Balaban J connectivity index is 1.46. The average Bonchev–Trinajstić information content (AvgIpc) is 2.57. The second kappa shape index (κ2) is 7.39. The van der Waals surface area contributed by atoms with Crippen LogP contribution in [-0.4, -0.2) is 49.8 Å². The summed E-state index contributed by atoms with van der Waals surface area (Å²) >= 11 is 0. The van der Waals surface area contributed by atoms with Gasteiger partial charge in [-0.25, -0.2) is 0 Å². The van der Waals surface area contributed by atoms with Gasteiger partial charge >= 0.3 is 0 Å². The third-order valence-corrected chi connectivity index (χ3v) is 5.09. The van der Waals surface area contributed by atoms with Gasteiger partial charge in [-0.15, -0.1) is 0 Å². The zero-order valence-electron chi connectivity index (χ0n) is 13.1. The second-order valence-corrected chi connectivity index (χ2v) is 6.52. The van der Waals surface area contributed by atoms with Crippen LogP contribution in [-0.2, 0) is 11.2 Å². The quantitative estimate of drug-likeness (QED) is 0.920. The molecule has 116 valence electrons. The van der Waals surface area contributed by atoms with Crippen LogP contribution in [0.2, 0.25) is 0 Å². The van der Waals surface area contributed by atoms with Crippen LogP contribution in [0.4, 0.5) is 0 Å². The van der Waals surface area contributed by atoms with Gasteiger partial charge in [0.25, 0.3) is 0 Å². The highest BCUT2D eigenvalue weighted by molar-refractivity contribution is 5.15. The van der Waals surface area contributed by atoms with E-state index in [9.17, 15) is 0 Å². The van der Waals surface area contributed by atoms with Gasteiger partial charge in [0.1, 0.15) is 0 Å². The third-order valence-electron chi connectivity index (χ3n) is 5.09. The molecule has 3 rings (SSSR count). The van der Waals surface area contributed by atoms with E-state index >= 15 is 0 Å². The van der Waals surface area contributed by atoms with Crippen LogP contribution in [0.25, 0.3) is 0 Å². The number of likely N-dealkylation sites (tertiary alicyclic amines) is 1. The number of benzene rings is 1. The van der Waals surface area contributed by atoms with E-state index in [1.807, 2.05) is 0 Å². The zero-order chi connectivity index (χ0) is 14.5. The maximum atomic E-state index is 5.91. The Bertz CT molecular complexity index is 408. The molecule has 2 unspecified atom stereocenters. The SMILES string of the molecule is CC(C1CNCCO1)N1CCC(Cc2ccccc2)CC1. The highest BCUT2D eigenvalue weighted by Crippen LogP contribution is 2.24. The first kappa shape index (κ1) is 15.0. The van der Waals surface area contributed by atoms with Gasteiger partial charge < -0.3 is 10.1 Å². The maximum absolute atomic E-state index is 5.91. The molecular formula is C18H28N2O. The van der Waals surface area contributed by atoms with Crippen molar-refractivity contribution >= 4 is 0 Å². The first-order valence-electron chi connectivity index (χ1n) is 8.43. The number of hydrogen-bond donors (Lipinski definition) is 1. The number of ether oxygens (including phenoxy) is 1. The van der Waals surface area contributed by atoms with Crippen molar-refractivity contribution in [2.75, 3.05) is 32.8 Å². The van der Waals surface area contributed by atoms with Gasteiger partial charge in [0.15, 0.2) is 0 Å². The zero-order valence-corrected chi connectivity index (χ0v) is 13.1. The molecule has 2 fully saturated rings. The lowest BCUT2D eigenvalue weighted by Crippen LogP contribution is -2.52. The molecule has 0 saturated carbocycles. The standard InChI is InChI=1S/C18H28N2O/c1-15(18-14-19-9-12-21-18)20-10-7-17(8-11-20)13-16-5-3-2-4-6-16/h2-6,15,17-19H,7-14H2,1H3. The topological polar surface area (TPSA) is 24.5 Å².